The predicted octanol–water partition coefficient (Wildman–Crippen LogP) is 3.60. The van der Waals surface area contributed by atoms with Gasteiger partial charge in [-0.3, -0.25) is 9.59 Å². The van der Waals surface area contributed by atoms with E-state index in [0.29, 0.717) is 23.2 Å². The standard InChI is InChI=1S/C21H20ClN3O2S/c22-18-7-3-1-5-14(18)16(17-9-23-19-8-4-2-6-15(17)19)10-24-20(26)11-25-13-28-12-21(25)27/h1-9,16,23H,10-13H2,(H,24,26)/t16-/m0/s1. The molecule has 1 aliphatic rings. The van der Waals surface area contributed by atoms with E-state index >= 15 is 0 Å². The number of para-hydroxylation sites is 1. The number of thioether (sulfide) groups is 1. The van der Waals surface area contributed by atoms with Gasteiger partial charge in [0.25, 0.3) is 0 Å². The van der Waals surface area contributed by atoms with E-state index < -0.39 is 0 Å². The summed E-state index contributed by atoms with van der Waals surface area (Å²) in [5.41, 5.74) is 3.08. The normalized spacial score (nSPS) is 15.2. The number of nitrogens with zero attached hydrogens (tertiary/aromatic N) is 1. The Morgan fingerprint density at radius 2 is 1.96 bits per heavy atom. The number of hydrogen-bond acceptors (Lipinski definition) is 3. The first kappa shape index (κ1) is 18.9. The minimum atomic E-state index is -0.159. The van der Waals surface area contributed by atoms with Crippen molar-refractivity contribution < 1.29 is 9.59 Å². The Labute approximate surface area is 172 Å². The number of benzene rings is 2. The van der Waals surface area contributed by atoms with Gasteiger partial charge in [0.2, 0.25) is 11.8 Å². The average molecular weight is 414 g/mol. The first-order chi connectivity index (χ1) is 13.6. The van der Waals surface area contributed by atoms with E-state index in [1.807, 2.05) is 48.7 Å². The van der Waals surface area contributed by atoms with Crippen molar-refractivity contribution in [1.29, 1.82) is 0 Å². The van der Waals surface area contributed by atoms with Crippen molar-refractivity contribution in [3.05, 3.63) is 70.9 Å². The summed E-state index contributed by atoms with van der Waals surface area (Å²) in [5.74, 6) is 0.776. The fourth-order valence-electron chi connectivity index (χ4n) is 3.51. The van der Waals surface area contributed by atoms with Gasteiger partial charge in [0.15, 0.2) is 0 Å². The van der Waals surface area contributed by atoms with Crippen LogP contribution < -0.4 is 5.32 Å². The number of hydrogen-bond donors (Lipinski definition) is 2. The molecule has 28 heavy (non-hydrogen) atoms. The van der Waals surface area contributed by atoms with Crippen LogP contribution in [0.5, 0.6) is 0 Å². The molecule has 4 rings (SSSR count). The lowest BCUT2D eigenvalue weighted by molar-refractivity contribution is -0.132. The molecule has 2 N–H and O–H groups in total. The molecule has 0 saturated carbocycles. The van der Waals surface area contributed by atoms with Gasteiger partial charge in [-0.1, -0.05) is 48.0 Å². The van der Waals surface area contributed by atoms with Crippen LogP contribution in [-0.4, -0.2) is 46.4 Å². The van der Waals surface area contributed by atoms with Gasteiger partial charge in [-0.15, -0.1) is 11.8 Å². The fourth-order valence-corrected chi connectivity index (χ4v) is 4.68. The second-order valence-electron chi connectivity index (χ2n) is 6.74. The first-order valence-corrected chi connectivity index (χ1v) is 10.6. The van der Waals surface area contributed by atoms with Crippen LogP contribution >= 0.6 is 23.4 Å². The van der Waals surface area contributed by atoms with Gasteiger partial charge in [0.05, 0.1) is 11.6 Å². The molecule has 1 aliphatic heterocycles. The molecule has 0 aliphatic carbocycles. The molecule has 0 bridgehead atoms. The maximum absolute atomic E-state index is 12.4. The first-order valence-electron chi connectivity index (χ1n) is 9.06. The summed E-state index contributed by atoms with van der Waals surface area (Å²) in [6.07, 6.45) is 1.98. The number of nitrogens with one attached hydrogen (secondary N) is 2. The third kappa shape index (κ3) is 3.88. The highest BCUT2D eigenvalue weighted by molar-refractivity contribution is 8.00. The van der Waals surface area contributed by atoms with Crippen LogP contribution in [0.25, 0.3) is 10.9 Å². The van der Waals surface area contributed by atoms with Crippen LogP contribution in [0.15, 0.2) is 54.7 Å². The van der Waals surface area contributed by atoms with Gasteiger partial charge in [-0.05, 0) is 23.3 Å². The van der Waals surface area contributed by atoms with Crippen molar-refractivity contribution in [1.82, 2.24) is 15.2 Å². The Balaban J connectivity index is 1.58. The Morgan fingerprint density at radius 1 is 1.18 bits per heavy atom. The van der Waals surface area contributed by atoms with Crippen molar-refractivity contribution in [3.8, 4) is 0 Å². The molecular formula is C21H20ClN3O2S. The SMILES string of the molecule is O=C(CN1CSCC1=O)NC[C@@H](c1ccccc1Cl)c1c[nH]c2ccccc12. The Morgan fingerprint density at radius 3 is 2.75 bits per heavy atom. The monoisotopic (exact) mass is 413 g/mol. The maximum Gasteiger partial charge on any atom is 0.239 e. The number of H-pyrrole nitrogens is 1. The van der Waals surface area contributed by atoms with Crippen LogP contribution in [-0.2, 0) is 9.59 Å². The molecule has 1 atom stereocenters. The lowest BCUT2D eigenvalue weighted by atomic mass is 9.90. The number of halogens is 1. The van der Waals surface area contributed by atoms with E-state index in [-0.39, 0.29) is 24.3 Å². The summed E-state index contributed by atoms with van der Waals surface area (Å²) >= 11 is 8.01. The molecule has 1 fully saturated rings. The molecule has 0 radical (unpaired) electrons. The zero-order valence-electron chi connectivity index (χ0n) is 15.2. The fraction of sp³-hybridized carbons (Fsp3) is 0.238. The number of amides is 2. The van der Waals surface area contributed by atoms with E-state index in [9.17, 15) is 9.59 Å². The van der Waals surface area contributed by atoms with Crippen molar-refractivity contribution in [2.24, 2.45) is 0 Å². The van der Waals surface area contributed by atoms with E-state index in [2.05, 4.69) is 16.4 Å². The molecule has 0 unspecified atom stereocenters. The number of carbonyl (C=O) groups excluding carboxylic acids is 2. The molecule has 1 aromatic heterocycles. The number of aromatic nitrogens is 1. The van der Waals surface area contributed by atoms with E-state index in [1.54, 1.807) is 4.90 Å². The third-order valence-corrected chi connectivity index (χ3v) is 6.23. The van der Waals surface area contributed by atoms with Gasteiger partial charge >= 0.3 is 0 Å². The van der Waals surface area contributed by atoms with Gasteiger partial charge in [0, 0.05) is 34.6 Å². The highest BCUT2D eigenvalue weighted by Crippen LogP contribution is 2.34. The molecule has 7 heteroatoms. The average Bonchev–Trinajstić information content (AvgIpc) is 3.30. The summed E-state index contributed by atoms with van der Waals surface area (Å²) in [5, 5.41) is 4.76. The summed E-state index contributed by atoms with van der Waals surface area (Å²) in [6.45, 7) is 0.495. The van der Waals surface area contributed by atoms with E-state index in [0.717, 1.165) is 22.0 Å². The lowest BCUT2D eigenvalue weighted by Crippen LogP contribution is -2.39. The highest BCUT2D eigenvalue weighted by Gasteiger charge is 2.25. The molecule has 0 spiro atoms. The molecule has 144 valence electrons. The van der Waals surface area contributed by atoms with Crippen LogP contribution in [0, 0.1) is 0 Å². The smallest absolute Gasteiger partial charge is 0.239 e. The van der Waals surface area contributed by atoms with Crippen molar-refractivity contribution >= 4 is 46.1 Å². The van der Waals surface area contributed by atoms with Crippen LogP contribution in [0.2, 0.25) is 5.02 Å². The molecule has 2 amide bonds. The Hall–Kier alpha value is -2.44. The second-order valence-corrected chi connectivity index (χ2v) is 8.10. The Kier molecular flexibility index (Phi) is 5.59. The molecule has 2 aromatic carbocycles. The highest BCUT2D eigenvalue weighted by atomic mass is 35.5. The molecule has 2 heterocycles. The zero-order chi connectivity index (χ0) is 19.5. The van der Waals surface area contributed by atoms with Gasteiger partial charge in [-0.25, -0.2) is 0 Å². The third-order valence-electron chi connectivity index (χ3n) is 4.94. The van der Waals surface area contributed by atoms with Crippen molar-refractivity contribution in [2.45, 2.75) is 5.92 Å². The Bertz CT molecular complexity index is 1020. The zero-order valence-corrected chi connectivity index (χ0v) is 16.7. The minimum Gasteiger partial charge on any atom is -0.361 e. The maximum atomic E-state index is 12.4. The van der Waals surface area contributed by atoms with Crippen molar-refractivity contribution in [3.63, 3.8) is 0 Å². The quantitative estimate of drug-likeness (QED) is 0.648. The van der Waals surface area contributed by atoms with Crippen LogP contribution in [0.1, 0.15) is 17.0 Å². The van der Waals surface area contributed by atoms with Crippen LogP contribution in [0.4, 0.5) is 0 Å². The summed E-state index contributed by atoms with van der Waals surface area (Å²) in [4.78, 5) is 29.1. The topological polar surface area (TPSA) is 65.2 Å². The van der Waals surface area contributed by atoms with Crippen molar-refractivity contribution in [2.75, 3.05) is 24.7 Å². The molecule has 1 saturated heterocycles. The minimum absolute atomic E-state index is 0.0134. The second kappa shape index (κ2) is 8.29. The van der Waals surface area contributed by atoms with Gasteiger partial charge in [0.1, 0.15) is 6.54 Å². The van der Waals surface area contributed by atoms with Crippen LogP contribution in [0.3, 0.4) is 0 Å². The number of carbonyl (C=O) groups is 2. The van der Waals surface area contributed by atoms with Gasteiger partial charge in [-0.2, -0.15) is 0 Å². The molecular weight excluding hydrogens is 394 g/mol. The largest absolute Gasteiger partial charge is 0.361 e. The van der Waals surface area contributed by atoms with E-state index in [4.69, 9.17) is 11.6 Å². The molecule has 5 nitrogen and oxygen atoms in total. The molecule has 3 aromatic rings. The predicted molar refractivity (Wildman–Crippen MR) is 114 cm³/mol. The van der Waals surface area contributed by atoms with Gasteiger partial charge < -0.3 is 15.2 Å². The summed E-state index contributed by atoms with van der Waals surface area (Å²) < 4.78 is 0. The number of aromatic amines is 1. The number of rotatable bonds is 6. The number of fused-ring (bicyclic) bond motifs is 1. The summed E-state index contributed by atoms with van der Waals surface area (Å²) in [7, 11) is 0. The summed E-state index contributed by atoms with van der Waals surface area (Å²) in [6, 6.07) is 15.8. The lowest BCUT2D eigenvalue weighted by Gasteiger charge is -2.20. The van der Waals surface area contributed by atoms with E-state index in [1.165, 1.54) is 11.8 Å².